The third-order valence-corrected chi connectivity index (χ3v) is 18.9. The Morgan fingerprint density at radius 3 is 2.32 bits per heavy atom. The largest absolute Gasteiger partial charge is 0.492 e. The van der Waals surface area contributed by atoms with E-state index in [1.807, 2.05) is 36.9 Å². The fourth-order valence-electron chi connectivity index (χ4n) is 11.2. The first kappa shape index (κ1) is 56.3. The summed E-state index contributed by atoms with van der Waals surface area (Å²) in [6, 6.07) is 7.26. The van der Waals surface area contributed by atoms with E-state index < -0.39 is 62.6 Å². The van der Waals surface area contributed by atoms with Gasteiger partial charge in [0, 0.05) is 67.8 Å². The van der Waals surface area contributed by atoms with E-state index in [0.29, 0.717) is 67.3 Å². The maximum atomic E-state index is 14.9. The number of piperidine rings is 1. The number of hydrogen-bond donors (Lipinski definition) is 6. The van der Waals surface area contributed by atoms with E-state index in [2.05, 4.69) is 57.5 Å². The molecule has 1 saturated carbocycles. The Morgan fingerprint density at radius 2 is 1.63 bits per heavy atom. The topological polar surface area (TPSA) is 287 Å². The van der Waals surface area contributed by atoms with E-state index in [1.165, 1.54) is 37.6 Å². The highest BCUT2D eigenvalue weighted by Crippen LogP contribution is 2.39. The summed E-state index contributed by atoms with van der Waals surface area (Å²) in [5.41, 5.74) is 4.68. The summed E-state index contributed by atoms with van der Waals surface area (Å²) >= 11 is 0. The van der Waals surface area contributed by atoms with E-state index in [9.17, 15) is 37.5 Å². The van der Waals surface area contributed by atoms with Crippen molar-refractivity contribution in [3.05, 3.63) is 83.1 Å². The molecule has 0 radical (unpaired) electrons. The second kappa shape index (κ2) is 23.5. The zero-order valence-electron chi connectivity index (χ0n) is 46.0. The van der Waals surface area contributed by atoms with Gasteiger partial charge < -0.3 is 40.9 Å². The number of rotatable bonds is 16. The van der Waals surface area contributed by atoms with Gasteiger partial charge >= 0.3 is 6.09 Å². The van der Waals surface area contributed by atoms with Gasteiger partial charge in [0.25, 0.3) is 5.91 Å². The van der Waals surface area contributed by atoms with Crippen LogP contribution in [0.2, 0.25) is 0 Å². The van der Waals surface area contributed by atoms with Crippen molar-refractivity contribution in [3.8, 4) is 5.75 Å². The molecule has 5 amide bonds. The first-order chi connectivity index (χ1) is 37.7. The number of aromatic nitrogens is 6. The first-order valence-corrected chi connectivity index (χ1v) is 28.9. The lowest BCUT2D eigenvalue weighted by Crippen LogP contribution is -2.59. The standard InChI is InChI=1S/C56H73N13O9S/c1-32-33(2)65-66-48(32)64-49-41-25-46(79(76,77)56(4,5)6)45(26-43(41)59-31-60-49)78-30-35-20-22-68(23-21-35)54-57-27-38(28-58-54)51(71)61-39-24-44(52(72)62-42-19-13-17-36-14-11-12-18-40(36)42)69(29-39)53(73)47(37-15-9-8-10-16-37)63-50(70)34(3)67(7)55(74)75/h11-12,14,18,25-28,31,34-35,37,39,42,44,47H,8-10,13,15-17,19-24,29-30H2,1-7H3,(H,61,71)(H,62,72)(H,63,70)(H,74,75)(H2,59,60,64,65,66)/t34?,39-,42+,44-,47-/m0/s1. The summed E-state index contributed by atoms with van der Waals surface area (Å²) in [6.45, 7) is 11.7. The highest BCUT2D eigenvalue weighted by molar-refractivity contribution is 7.92. The third kappa shape index (κ3) is 12.3. The van der Waals surface area contributed by atoms with Crippen LogP contribution in [0, 0.1) is 25.7 Å². The maximum absolute atomic E-state index is 14.9. The molecule has 23 heteroatoms. The normalized spacial score (nSPS) is 20.0. The maximum Gasteiger partial charge on any atom is 0.407 e. The second-order valence-corrected chi connectivity index (χ2v) is 25.3. The van der Waals surface area contributed by atoms with Crippen molar-refractivity contribution < 1.29 is 42.2 Å². The predicted molar refractivity (Wildman–Crippen MR) is 296 cm³/mol. The number of H-pyrrole nitrogens is 1. The molecule has 2 aliphatic heterocycles. The monoisotopic (exact) mass is 1100 g/mol. The van der Waals surface area contributed by atoms with E-state index in [0.717, 1.165) is 65.8 Å². The van der Waals surface area contributed by atoms with Gasteiger partial charge in [-0.3, -0.25) is 29.2 Å². The Morgan fingerprint density at radius 1 is 0.911 bits per heavy atom. The van der Waals surface area contributed by atoms with Crippen LogP contribution in [0.25, 0.3) is 10.9 Å². The average Bonchev–Trinajstić information content (AvgIpc) is 4.06. The number of ether oxygens (including phenoxy) is 1. The molecule has 1 unspecified atom stereocenters. The Bertz CT molecular complexity index is 3190. The molecule has 5 atom stereocenters. The molecular weight excluding hydrogens is 1030 g/mol. The first-order valence-electron chi connectivity index (χ1n) is 27.5. The number of aromatic amines is 1. The van der Waals surface area contributed by atoms with Crippen molar-refractivity contribution in [1.82, 2.24) is 55.9 Å². The van der Waals surface area contributed by atoms with Crippen molar-refractivity contribution >= 4 is 68.0 Å². The van der Waals surface area contributed by atoms with E-state index in [1.54, 1.807) is 32.9 Å². The average molecular weight is 1100 g/mol. The van der Waals surface area contributed by atoms with Crippen molar-refractivity contribution in [1.29, 1.82) is 0 Å². The van der Waals surface area contributed by atoms with Gasteiger partial charge in [-0.2, -0.15) is 5.10 Å². The molecule has 4 aliphatic rings. The number of amides is 5. The van der Waals surface area contributed by atoms with Gasteiger partial charge in [0.1, 0.15) is 40.9 Å². The number of likely N-dealkylation sites (N-methyl/N-ethyl adjacent to an activating group) is 1. The minimum atomic E-state index is -3.89. The Kier molecular flexibility index (Phi) is 16.7. The Hall–Kier alpha value is -7.43. The SMILES string of the molecule is Cc1[nH]nc(Nc2ncnc3cc(OCC4CCN(c5ncc(C(=O)N[C@H]6C[C@@H](C(=O)N[C@@H]7CCCc8ccccc87)N(C(=O)[C@@H](NC(=O)C(C)N(C)C(=O)O)C7CCCCC7)C6)cn5)CC4)c(S(=O)(=O)C(C)(C)C)cc23)c1C. The van der Waals surface area contributed by atoms with Crippen LogP contribution in [-0.4, -0.2) is 145 Å². The number of benzene rings is 2. The van der Waals surface area contributed by atoms with Crippen LogP contribution in [0.5, 0.6) is 5.75 Å². The fourth-order valence-corrected chi connectivity index (χ4v) is 12.5. The lowest BCUT2D eigenvalue weighted by atomic mass is 9.83. The number of aryl methyl sites for hydroxylation is 2. The second-order valence-electron chi connectivity index (χ2n) is 22.6. The van der Waals surface area contributed by atoms with Crippen LogP contribution in [0.3, 0.4) is 0 Å². The number of carbonyl (C=O) groups is 5. The molecule has 2 saturated heterocycles. The molecule has 3 aromatic heterocycles. The number of likely N-dealkylation sites (tertiary alicyclic amines) is 1. The molecular formula is C56H73N13O9S. The van der Waals surface area contributed by atoms with Crippen LogP contribution >= 0.6 is 0 Å². The van der Waals surface area contributed by atoms with Crippen molar-refractivity contribution in [2.75, 3.05) is 43.5 Å². The van der Waals surface area contributed by atoms with Crippen LogP contribution in [0.4, 0.5) is 22.4 Å². The minimum absolute atomic E-state index is 0.00135. The van der Waals surface area contributed by atoms with Crippen molar-refractivity contribution in [3.63, 3.8) is 0 Å². The zero-order valence-corrected chi connectivity index (χ0v) is 46.9. The van der Waals surface area contributed by atoms with Crippen LogP contribution in [-0.2, 0) is 30.6 Å². The predicted octanol–water partition coefficient (Wildman–Crippen LogP) is 6.33. The van der Waals surface area contributed by atoms with Gasteiger partial charge in [0.2, 0.25) is 23.7 Å². The number of nitrogens with zero attached hydrogens (tertiary/aromatic N) is 8. The van der Waals surface area contributed by atoms with E-state index in [4.69, 9.17) is 4.74 Å². The smallest absolute Gasteiger partial charge is 0.407 e. The zero-order chi connectivity index (χ0) is 56.3. The third-order valence-electron chi connectivity index (χ3n) is 16.4. The molecule has 6 N–H and O–H groups in total. The van der Waals surface area contributed by atoms with Gasteiger partial charge in [-0.15, -0.1) is 0 Å². The quantitative estimate of drug-likeness (QED) is 0.0630. The summed E-state index contributed by atoms with van der Waals surface area (Å²) in [6.07, 6.45) is 11.1. The number of carbonyl (C=O) groups excluding carboxylic acids is 4. The summed E-state index contributed by atoms with van der Waals surface area (Å²) < 4.78 is 33.5. The van der Waals surface area contributed by atoms with Crippen LogP contribution in [0.15, 0.2) is 60.0 Å². The molecule has 2 aliphatic carbocycles. The number of anilines is 3. The lowest BCUT2D eigenvalue weighted by molar-refractivity contribution is -0.143. The van der Waals surface area contributed by atoms with Crippen LogP contribution < -0.4 is 30.9 Å². The highest BCUT2D eigenvalue weighted by Gasteiger charge is 2.46. The van der Waals surface area contributed by atoms with Gasteiger partial charge in [-0.25, -0.2) is 33.1 Å². The Balaban J connectivity index is 0.859. The fraction of sp³-hybridized carbons (Fsp3) is 0.536. The van der Waals surface area contributed by atoms with E-state index in [-0.39, 0.29) is 59.6 Å². The molecule has 5 aromatic rings. The summed E-state index contributed by atoms with van der Waals surface area (Å²) in [5, 5.41) is 29.8. The summed E-state index contributed by atoms with van der Waals surface area (Å²) in [5.74, 6) is -0.419. The van der Waals surface area contributed by atoms with Gasteiger partial charge in [0.15, 0.2) is 15.7 Å². The number of sulfone groups is 1. The molecule has 22 nitrogen and oxygen atoms in total. The van der Waals surface area contributed by atoms with Crippen molar-refractivity contribution in [2.45, 2.75) is 152 Å². The number of carboxylic acid groups (broad SMARTS) is 1. The van der Waals surface area contributed by atoms with Gasteiger partial charge in [-0.05, 0) is 122 Å². The minimum Gasteiger partial charge on any atom is -0.492 e. The summed E-state index contributed by atoms with van der Waals surface area (Å²) in [7, 11) is -2.59. The molecule has 5 heterocycles. The van der Waals surface area contributed by atoms with E-state index >= 15 is 0 Å². The molecule has 2 aromatic carbocycles. The number of nitrogens with one attached hydrogen (secondary N) is 5. The molecule has 3 fully saturated rings. The van der Waals surface area contributed by atoms with Crippen molar-refractivity contribution in [2.24, 2.45) is 11.8 Å². The number of hydrogen-bond acceptors (Lipinski definition) is 15. The van der Waals surface area contributed by atoms with Gasteiger partial charge in [-0.1, -0.05) is 43.5 Å². The molecule has 0 bridgehead atoms. The highest BCUT2D eigenvalue weighted by atomic mass is 32.2. The Labute approximate surface area is 460 Å². The molecule has 79 heavy (non-hydrogen) atoms. The molecule has 9 rings (SSSR count). The lowest BCUT2D eigenvalue weighted by Gasteiger charge is -2.36. The molecule has 0 spiro atoms. The summed E-state index contributed by atoms with van der Waals surface area (Å²) in [4.78, 5) is 91.3. The van der Waals surface area contributed by atoms with Gasteiger partial charge in [0.05, 0.1) is 28.5 Å². The van der Waals surface area contributed by atoms with Crippen LogP contribution in [0.1, 0.15) is 131 Å². The number of fused-ring (bicyclic) bond motifs is 2. The molecule has 422 valence electrons.